The number of nitrogens with two attached hydrogens (primary N) is 1. The smallest absolute Gasteiger partial charge is 0.349 e. The summed E-state index contributed by atoms with van der Waals surface area (Å²) in [4.78, 5) is 25.1. The van der Waals surface area contributed by atoms with Crippen molar-refractivity contribution in [2.24, 2.45) is 5.73 Å². The van der Waals surface area contributed by atoms with Gasteiger partial charge in [0.1, 0.15) is 5.82 Å². The fourth-order valence-electron chi connectivity index (χ4n) is 1.22. The van der Waals surface area contributed by atoms with Gasteiger partial charge in [-0.15, -0.1) is 5.06 Å². The molecule has 0 aromatic heterocycles. The summed E-state index contributed by atoms with van der Waals surface area (Å²) in [5, 5.41) is -0.537. The van der Waals surface area contributed by atoms with Gasteiger partial charge in [0.15, 0.2) is 0 Å². The zero-order valence-corrected chi connectivity index (χ0v) is 10.1. The van der Waals surface area contributed by atoms with Crippen LogP contribution in [0.4, 0.5) is 41.2 Å². The molecule has 0 heterocycles. The van der Waals surface area contributed by atoms with Gasteiger partial charge in [-0.05, 0) is 18.2 Å². The number of amides is 2. The Morgan fingerprint density at radius 3 is 2.05 bits per heavy atom. The number of anilines is 1. The van der Waals surface area contributed by atoms with Crippen LogP contribution >= 0.6 is 0 Å². The zero-order valence-electron chi connectivity index (χ0n) is 10.1. The highest BCUT2D eigenvalue weighted by Gasteiger charge is 2.44. The minimum absolute atomic E-state index is 0.0379. The van der Waals surface area contributed by atoms with Crippen LogP contribution in [0, 0.1) is 5.82 Å². The average molecular weight is 334 g/mol. The van der Waals surface area contributed by atoms with Gasteiger partial charge in [-0.2, -0.15) is 26.3 Å². The molecule has 22 heavy (non-hydrogen) atoms. The topological polar surface area (TPSA) is 72.6 Å². The molecule has 122 valence electrons. The number of urea groups is 1. The number of hydrogen-bond acceptors (Lipinski definition) is 3. The Hall–Kier alpha value is -2.53. The third-order valence-corrected chi connectivity index (χ3v) is 2.10. The molecule has 0 fully saturated rings. The molecule has 0 aliphatic carbocycles. The maximum absolute atomic E-state index is 13.0. The summed E-state index contributed by atoms with van der Waals surface area (Å²) < 4.78 is 86.6. The molecule has 2 N–H and O–H groups in total. The van der Waals surface area contributed by atoms with E-state index in [1.807, 2.05) is 0 Å². The van der Waals surface area contributed by atoms with E-state index in [1.165, 1.54) is 0 Å². The molecular weight excluding hydrogens is 329 g/mol. The van der Waals surface area contributed by atoms with Crippen LogP contribution in [0.15, 0.2) is 18.2 Å². The Balaban J connectivity index is 3.24. The second-order valence-electron chi connectivity index (χ2n) is 3.67. The summed E-state index contributed by atoms with van der Waals surface area (Å²) >= 11 is 0. The van der Waals surface area contributed by atoms with Gasteiger partial charge in [-0.3, -0.25) is 0 Å². The number of carbonyl (C=O) groups excluding carboxylic acids is 2. The molecule has 0 bridgehead atoms. The van der Waals surface area contributed by atoms with Crippen LogP contribution in [0.3, 0.4) is 0 Å². The predicted octanol–water partition coefficient (Wildman–Crippen LogP) is 2.75. The highest BCUT2D eigenvalue weighted by molar-refractivity contribution is 5.91. The molecule has 0 unspecified atom stereocenters. The van der Waals surface area contributed by atoms with E-state index in [9.17, 15) is 40.3 Å². The monoisotopic (exact) mass is 334 g/mol. The van der Waals surface area contributed by atoms with Crippen molar-refractivity contribution in [3.8, 4) is 0 Å². The van der Waals surface area contributed by atoms with Crippen molar-refractivity contribution in [3.05, 3.63) is 29.6 Å². The number of hydrogen-bond donors (Lipinski definition) is 1. The molecule has 0 aliphatic heterocycles. The number of benzene rings is 1. The van der Waals surface area contributed by atoms with Crippen LogP contribution in [0.2, 0.25) is 0 Å². The molecule has 1 aromatic carbocycles. The van der Waals surface area contributed by atoms with Gasteiger partial charge in [0.2, 0.25) is 0 Å². The van der Waals surface area contributed by atoms with Crippen LogP contribution in [0.1, 0.15) is 5.56 Å². The van der Waals surface area contributed by atoms with Gasteiger partial charge in [0, 0.05) is 0 Å². The Morgan fingerprint density at radius 1 is 1.09 bits per heavy atom. The fraction of sp³-hybridized carbons (Fsp3) is 0.200. The normalized spacial score (nSPS) is 12.0. The van der Waals surface area contributed by atoms with Crippen molar-refractivity contribution in [3.63, 3.8) is 0 Å². The second-order valence-corrected chi connectivity index (χ2v) is 3.67. The number of rotatable bonds is 1. The second kappa shape index (κ2) is 5.69. The number of carbonyl (C=O) groups is 2. The highest BCUT2D eigenvalue weighted by Crippen LogP contribution is 2.34. The Kier molecular flexibility index (Phi) is 4.53. The molecule has 1 aromatic rings. The summed E-state index contributed by atoms with van der Waals surface area (Å²) in [6.07, 6.45) is -10.7. The summed E-state index contributed by atoms with van der Waals surface area (Å²) in [5.41, 5.74) is 1.72. The maximum Gasteiger partial charge on any atom is 0.493 e. The minimum atomic E-state index is -5.53. The van der Waals surface area contributed by atoms with Crippen molar-refractivity contribution >= 4 is 17.7 Å². The Morgan fingerprint density at radius 2 is 1.64 bits per heavy atom. The minimum Gasteiger partial charge on any atom is -0.349 e. The molecule has 12 heteroatoms. The van der Waals surface area contributed by atoms with Gasteiger partial charge >= 0.3 is 24.4 Å². The fourth-order valence-corrected chi connectivity index (χ4v) is 1.22. The molecule has 5 nitrogen and oxygen atoms in total. The zero-order chi connectivity index (χ0) is 17.3. The molecule has 0 saturated heterocycles. The van der Waals surface area contributed by atoms with Crippen molar-refractivity contribution < 1.29 is 45.2 Å². The van der Waals surface area contributed by atoms with Crippen LogP contribution in [0.25, 0.3) is 0 Å². The molecule has 0 spiro atoms. The first kappa shape index (κ1) is 17.5. The van der Waals surface area contributed by atoms with Crippen molar-refractivity contribution in [2.45, 2.75) is 12.4 Å². The number of nitrogens with zero attached hydrogens (tertiary/aromatic N) is 1. The summed E-state index contributed by atoms with van der Waals surface area (Å²) in [5.74, 6) is -4.65. The van der Waals surface area contributed by atoms with E-state index in [0.29, 0.717) is 6.07 Å². The first-order chi connectivity index (χ1) is 9.84. The van der Waals surface area contributed by atoms with E-state index in [4.69, 9.17) is 0 Å². The quantitative estimate of drug-likeness (QED) is 0.634. The summed E-state index contributed by atoms with van der Waals surface area (Å²) in [7, 11) is 0. The molecule has 0 atom stereocenters. The van der Waals surface area contributed by atoms with Gasteiger partial charge in [0.05, 0.1) is 11.3 Å². The first-order valence-corrected chi connectivity index (χ1v) is 5.09. The third-order valence-electron chi connectivity index (χ3n) is 2.10. The lowest BCUT2D eigenvalue weighted by Gasteiger charge is -2.20. The van der Waals surface area contributed by atoms with E-state index in [2.05, 4.69) is 10.6 Å². The molecule has 1 rings (SSSR count). The lowest BCUT2D eigenvalue weighted by atomic mass is 10.2. The van der Waals surface area contributed by atoms with Crippen molar-refractivity contribution in [1.29, 1.82) is 0 Å². The number of halogens is 7. The highest BCUT2D eigenvalue weighted by atomic mass is 19.4. The molecule has 2 amide bonds. The van der Waals surface area contributed by atoms with Gasteiger partial charge < -0.3 is 10.6 Å². The average Bonchev–Trinajstić information content (AvgIpc) is 2.33. The van der Waals surface area contributed by atoms with Crippen LogP contribution in [-0.4, -0.2) is 18.2 Å². The third kappa shape index (κ3) is 3.99. The Labute approximate surface area is 117 Å². The molecule has 0 radical (unpaired) electrons. The lowest BCUT2D eigenvalue weighted by molar-refractivity contribution is -0.199. The number of alkyl halides is 6. The van der Waals surface area contributed by atoms with Crippen LogP contribution in [0.5, 0.6) is 0 Å². The SMILES string of the molecule is NC(=O)N(OC(=O)C(F)(F)F)c1ccc(F)c(C(F)(F)F)c1. The van der Waals surface area contributed by atoms with Crippen LogP contribution in [-0.2, 0) is 15.8 Å². The lowest BCUT2D eigenvalue weighted by Crippen LogP contribution is -2.41. The van der Waals surface area contributed by atoms with Crippen molar-refractivity contribution in [1.82, 2.24) is 0 Å². The van der Waals surface area contributed by atoms with Crippen molar-refractivity contribution in [2.75, 3.05) is 5.06 Å². The standard InChI is InChI=1S/C10H5F7N2O3/c11-6-2-1-4(3-5(6)9(12,13)14)19(8(18)21)22-7(20)10(15,16)17/h1-3H,(H2,18,21). The largest absolute Gasteiger partial charge is 0.493 e. The maximum atomic E-state index is 13.0. The first-order valence-electron chi connectivity index (χ1n) is 5.09. The number of primary amides is 1. The van der Waals surface area contributed by atoms with Gasteiger partial charge in [0.25, 0.3) is 0 Å². The van der Waals surface area contributed by atoms with Gasteiger partial charge in [-0.25, -0.2) is 14.0 Å². The van der Waals surface area contributed by atoms with E-state index < -0.39 is 46.5 Å². The van der Waals surface area contributed by atoms with E-state index in [1.54, 1.807) is 0 Å². The summed E-state index contributed by atoms with van der Waals surface area (Å²) in [6, 6.07) is -1.17. The molecule has 0 saturated carbocycles. The van der Waals surface area contributed by atoms with E-state index >= 15 is 0 Å². The van der Waals surface area contributed by atoms with Crippen LogP contribution < -0.4 is 10.8 Å². The Bertz CT molecular complexity index is 597. The predicted molar refractivity (Wildman–Crippen MR) is 55.6 cm³/mol. The van der Waals surface area contributed by atoms with E-state index in [-0.39, 0.29) is 12.1 Å². The summed E-state index contributed by atoms with van der Waals surface area (Å²) in [6.45, 7) is 0. The molecular formula is C10H5F7N2O3. The number of hydroxylamine groups is 1. The van der Waals surface area contributed by atoms with Gasteiger partial charge in [-0.1, -0.05) is 0 Å². The molecule has 0 aliphatic rings. The van der Waals surface area contributed by atoms with E-state index in [0.717, 1.165) is 0 Å².